The monoisotopic (exact) mass is 394 g/mol. The molecule has 26 heavy (non-hydrogen) atoms. The minimum Gasteiger partial charge on any atom is -0.379 e. The predicted octanol–water partition coefficient (Wildman–Crippen LogP) is 2.29. The van der Waals surface area contributed by atoms with Gasteiger partial charge >= 0.3 is 0 Å². The number of amides is 1. The van der Waals surface area contributed by atoms with Gasteiger partial charge in [0.2, 0.25) is 10.0 Å². The van der Waals surface area contributed by atoms with E-state index in [0.717, 1.165) is 5.56 Å². The number of nitrogens with one attached hydrogen (secondary N) is 1. The number of rotatable bonds is 5. The average Bonchev–Trinajstić information content (AvgIpc) is 2.68. The lowest BCUT2D eigenvalue weighted by Crippen LogP contribution is -2.40. The van der Waals surface area contributed by atoms with Gasteiger partial charge in [-0.05, 0) is 23.8 Å². The van der Waals surface area contributed by atoms with Gasteiger partial charge in [-0.2, -0.15) is 4.31 Å². The molecule has 0 aromatic heterocycles. The summed E-state index contributed by atoms with van der Waals surface area (Å²) in [4.78, 5) is 12.5. The largest absolute Gasteiger partial charge is 0.379 e. The molecule has 1 saturated heterocycles. The Labute approximate surface area is 157 Å². The maximum Gasteiger partial charge on any atom is 0.253 e. The normalized spacial score (nSPS) is 15.6. The molecule has 1 heterocycles. The van der Waals surface area contributed by atoms with Crippen LogP contribution in [0.2, 0.25) is 5.02 Å². The van der Waals surface area contributed by atoms with Crippen LogP contribution in [0.15, 0.2) is 53.4 Å². The summed E-state index contributed by atoms with van der Waals surface area (Å²) in [5, 5.41) is 2.97. The van der Waals surface area contributed by atoms with Gasteiger partial charge in [0.25, 0.3) is 5.91 Å². The highest BCUT2D eigenvalue weighted by atomic mass is 35.5. The van der Waals surface area contributed by atoms with E-state index in [2.05, 4.69) is 5.32 Å². The summed E-state index contributed by atoms with van der Waals surface area (Å²) in [6.07, 6.45) is 0. The van der Waals surface area contributed by atoms with Gasteiger partial charge in [0.1, 0.15) is 0 Å². The molecule has 8 heteroatoms. The number of nitrogens with zero attached hydrogens (tertiary/aromatic N) is 1. The Kier molecular flexibility index (Phi) is 5.93. The minimum absolute atomic E-state index is 0.0497. The highest BCUT2D eigenvalue weighted by molar-refractivity contribution is 7.89. The van der Waals surface area contributed by atoms with Crippen molar-refractivity contribution in [3.63, 3.8) is 0 Å². The molecule has 1 aliphatic rings. The predicted molar refractivity (Wildman–Crippen MR) is 98.6 cm³/mol. The zero-order chi connectivity index (χ0) is 18.6. The highest BCUT2D eigenvalue weighted by Crippen LogP contribution is 2.23. The number of carbonyl (C=O) groups excluding carboxylic acids is 1. The number of halogens is 1. The Morgan fingerprint density at radius 3 is 2.50 bits per heavy atom. The molecule has 0 bridgehead atoms. The third-order valence-electron chi connectivity index (χ3n) is 4.09. The fourth-order valence-corrected chi connectivity index (χ4v) is 4.29. The molecule has 0 saturated carbocycles. The molecular formula is C18H19ClN2O4S. The summed E-state index contributed by atoms with van der Waals surface area (Å²) in [6.45, 7) is 1.63. The Balaban J connectivity index is 1.79. The Hall–Kier alpha value is -1.93. The fourth-order valence-electron chi connectivity index (χ4n) is 2.65. The molecule has 138 valence electrons. The topological polar surface area (TPSA) is 75.7 Å². The SMILES string of the molecule is O=C(NCc1ccccc1)c1cc(S(=O)(=O)N2CCOCC2)ccc1Cl. The zero-order valence-corrected chi connectivity index (χ0v) is 15.6. The minimum atomic E-state index is -3.69. The second-order valence-electron chi connectivity index (χ2n) is 5.83. The van der Waals surface area contributed by atoms with Crippen LogP contribution in [-0.4, -0.2) is 44.9 Å². The van der Waals surface area contributed by atoms with Crippen LogP contribution in [0.3, 0.4) is 0 Å². The van der Waals surface area contributed by atoms with Crippen molar-refractivity contribution in [3.8, 4) is 0 Å². The first-order valence-corrected chi connectivity index (χ1v) is 10.00. The van der Waals surface area contributed by atoms with Crippen LogP contribution >= 0.6 is 11.6 Å². The molecule has 2 aromatic rings. The standard InChI is InChI=1S/C18H19ClN2O4S/c19-17-7-6-15(26(23,24)21-8-10-25-11-9-21)12-16(17)18(22)20-13-14-4-2-1-3-5-14/h1-7,12H,8-11,13H2,(H,20,22). The van der Waals surface area contributed by atoms with Gasteiger partial charge in [-0.1, -0.05) is 41.9 Å². The molecule has 0 radical (unpaired) electrons. The maximum atomic E-state index is 12.7. The van der Waals surface area contributed by atoms with Gasteiger partial charge in [0, 0.05) is 19.6 Å². The smallest absolute Gasteiger partial charge is 0.253 e. The van der Waals surface area contributed by atoms with Crippen LogP contribution < -0.4 is 5.32 Å². The number of carbonyl (C=O) groups is 1. The number of hydrogen-bond donors (Lipinski definition) is 1. The first-order chi connectivity index (χ1) is 12.5. The van der Waals surface area contributed by atoms with E-state index in [0.29, 0.717) is 32.8 Å². The number of sulfonamides is 1. The highest BCUT2D eigenvalue weighted by Gasteiger charge is 2.27. The molecule has 1 amide bonds. The molecule has 6 nitrogen and oxygen atoms in total. The van der Waals surface area contributed by atoms with Crippen molar-refractivity contribution >= 4 is 27.5 Å². The first-order valence-electron chi connectivity index (χ1n) is 8.18. The Bertz CT molecular complexity index is 881. The van der Waals surface area contributed by atoms with Crippen molar-refractivity contribution in [2.75, 3.05) is 26.3 Å². The summed E-state index contributed by atoms with van der Waals surface area (Å²) >= 11 is 6.12. The van der Waals surface area contributed by atoms with E-state index in [1.807, 2.05) is 30.3 Å². The molecule has 1 fully saturated rings. The third-order valence-corrected chi connectivity index (χ3v) is 6.31. The van der Waals surface area contributed by atoms with Gasteiger partial charge in [-0.15, -0.1) is 0 Å². The molecular weight excluding hydrogens is 376 g/mol. The molecule has 0 unspecified atom stereocenters. The molecule has 2 aromatic carbocycles. The summed E-state index contributed by atoms with van der Waals surface area (Å²) in [5.41, 5.74) is 1.07. The molecule has 1 aliphatic heterocycles. The average molecular weight is 395 g/mol. The Morgan fingerprint density at radius 2 is 1.81 bits per heavy atom. The van der Waals surface area contributed by atoms with Gasteiger partial charge in [0.05, 0.1) is 28.7 Å². The van der Waals surface area contributed by atoms with E-state index < -0.39 is 15.9 Å². The number of morpholine rings is 1. The van der Waals surface area contributed by atoms with E-state index >= 15 is 0 Å². The van der Waals surface area contributed by atoms with Crippen molar-refractivity contribution in [1.29, 1.82) is 0 Å². The van der Waals surface area contributed by atoms with Crippen molar-refractivity contribution in [1.82, 2.24) is 9.62 Å². The van der Waals surface area contributed by atoms with Gasteiger partial charge < -0.3 is 10.1 Å². The van der Waals surface area contributed by atoms with Crippen LogP contribution in [0.1, 0.15) is 15.9 Å². The van der Waals surface area contributed by atoms with E-state index in [1.54, 1.807) is 0 Å². The quantitative estimate of drug-likeness (QED) is 0.844. The summed E-state index contributed by atoms with van der Waals surface area (Å²) < 4.78 is 32.0. The summed E-state index contributed by atoms with van der Waals surface area (Å²) in [6, 6.07) is 13.6. The van der Waals surface area contributed by atoms with Crippen molar-refractivity contribution in [2.45, 2.75) is 11.4 Å². The van der Waals surface area contributed by atoms with Crippen LogP contribution in [-0.2, 0) is 21.3 Å². The van der Waals surface area contributed by atoms with Crippen LogP contribution in [0.5, 0.6) is 0 Å². The van der Waals surface area contributed by atoms with Crippen LogP contribution in [0.25, 0.3) is 0 Å². The van der Waals surface area contributed by atoms with Gasteiger partial charge in [-0.25, -0.2) is 8.42 Å². The zero-order valence-electron chi connectivity index (χ0n) is 14.0. The lowest BCUT2D eigenvalue weighted by molar-refractivity contribution is 0.0730. The molecule has 0 spiro atoms. The van der Waals surface area contributed by atoms with E-state index in [4.69, 9.17) is 16.3 Å². The van der Waals surface area contributed by atoms with Crippen LogP contribution in [0, 0.1) is 0 Å². The van der Waals surface area contributed by atoms with Crippen molar-refractivity contribution in [3.05, 3.63) is 64.7 Å². The number of benzene rings is 2. The summed E-state index contributed by atoms with van der Waals surface area (Å²) in [5.74, 6) is -0.419. The van der Waals surface area contributed by atoms with E-state index in [1.165, 1.54) is 22.5 Å². The Morgan fingerprint density at radius 1 is 1.12 bits per heavy atom. The van der Waals surface area contributed by atoms with Crippen LogP contribution in [0.4, 0.5) is 0 Å². The summed E-state index contributed by atoms with van der Waals surface area (Å²) in [7, 11) is -3.69. The fraction of sp³-hybridized carbons (Fsp3) is 0.278. The molecule has 0 aliphatic carbocycles. The second kappa shape index (κ2) is 8.18. The van der Waals surface area contributed by atoms with Crippen molar-refractivity contribution < 1.29 is 17.9 Å². The van der Waals surface area contributed by atoms with E-state index in [9.17, 15) is 13.2 Å². The number of ether oxygens (including phenoxy) is 1. The van der Waals surface area contributed by atoms with Crippen molar-refractivity contribution in [2.24, 2.45) is 0 Å². The molecule has 3 rings (SSSR count). The third kappa shape index (κ3) is 4.24. The molecule has 0 atom stereocenters. The lowest BCUT2D eigenvalue weighted by Gasteiger charge is -2.26. The lowest BCUT2D eigenvalue weighted by atomic mass is 10.2. The second-order valence-corrected chi connectivity index (χ2v) is 8.17. The first kappa shape index (κ1) is 18.8. The van der Waals surface area contributed by atoms with Gasteiger partial charge in [0.15, 0.2) is 0 Å². The van der Waals surface area contributed by atoms with E-state index in [-0.39, 0.29) is 15.5 Å². The maximum absolute atomic E-state index is 12.7. The van der Waals surface area contributed by atoms with Gasteiger partial charge in [-0.3, -0.25) is 4.79 Å². The number of hydrogen-bond acceptors (Lipinski definition) is 4. The molecule has 1 N–H and O–H groups in total.